The van der Waals surface area contributed by atoms with E-state index in [1.165, 1.54) is 0 Å². The zero-order valence-corrected chi connectivity index (χ0v) is 6.13. The van der Waals surface area contributed by atoms with Gasteiger partial charge in [0.05, 0.1) is 13.2 Å². The standard InChI is InChI=1S/C5H6BNO2S/c1-4-10-5(7-1)6-8-2-3-9-6/h1,4H,2-3H2. The van der Waals surface area contributed by atoms with Crippen molar-refractivity contribution in [1.82, 2.24) is 4.98 Å². The number of thiazole rings is 1. The van der Waals surface area contributed by atoms with Crippen molar-refractivity contribution in [3.8, 4) is 0 Å². The highest BCUT2D eigenvalue weighted by molar-refractivity contribution is 7.20. The Morgan fingerprint density at radius 2 is 2.30 bits per heavy atom. The minimum Gasteiger partial charge on any atom is -0.403 e. The van der Waals surface area contributed by atoms with E-state index in [0.717, 1.165) is 4.91 Å². The van der Waals surface area contributed by atoms with Gasteiger partial charge in [-0.1, -0.05) is 0 Å². The van der Waals surface area contributed by atoms with E-state index in [1.807, 2.05) is 5.38 Å². The van der Waals surface area contributed by atoms with Crippen LogP contribution in [0.3, 0.4) is 0 Å². The van der Waals surface area contributed by atoms with Gasteiger partial charge in [0.2, 0.25) is 0 Å². The lowest BCUT2D eigenvalue weighted by atomic mass is 9.93. The number of hydrogen-bond acceptors (Lipinski definition) is 4. The molecule has 0 bridgehead atoms. The molecule has 0 saturated carbocycles. The summed E-state index contributed by atoms with van der Waals surface area (Å²) in [6.07, 6.45) is 1.76. The van der Waals surface area contributed by atoms with E-state index >= 15 is 0 Å². The fourth-order valence-corrected chi connectivity index (χ4v) is 1.48. The highest BCUT2D eigenvalue weighted by Crippen LogP contribution is 2.01. The Kier molecular flexibility index (Phi) is 1.71. The van der Waals surface area contributed by atoms with E-state index in [2.05, 4.69) is 4.98 Å². The van der Waals surface area contributed by atoms with Gasteiger partial charge in [0, 0.05) is 11.6 Å². The van der Waals surface area contributed by atoms with E-state index in [-0.39, 0.29) is 7.12 Å². The summed E-state index contributed by atoms with van der Waals surface area (Å²) >= 11 is 1.56. The molecule has 0 atom stereocenters. The largest absolute Gasteiger partial charge is 0.524 e. The van der Waals surface area contributed by atoms with Crippen molar-refractivity contribution in [3.63, 3.8) is 0 Å². The molecule has 0 aromatic carbocycles. The normalized spacial score (nSPS) is 18.2. The third-order valence-electron chi connectivity index (χ3n) is 1.27. The summed E-state index contributed by atoms with van der Waals surface area (Å²) in [5.74, 6) is 0. The summed E-state index contributed by atoms with van der Waals surface area (Å²) in [5, 5.41) is 1.92. The second-order valence-electron chi connectivity index (χ2n) is 1.94. The van der Waals surface area contributed by atoms with Gasteiger partial charge in [0.25, 0.3) is 0 Å². The molecule has 1 fully saturated rings. The van der Waals surface area contributed by atoms with Gasteiger partial charge in [-0.3, -0.25) is 4.98 Å². The van der Waals surface area contributed by atoms with Crippen LogP contribution >= 0.6 is 11.3 Å². The van der Waals surface area contributed by atoms with Crippen LogP contribution in [0.5, 0.6) is 0 Å². The molecule has 0 aliphatic carbocycles. The Labute approximate surface area is 63.1 Å². The van der Waals surface area contributed by atoms with Crippen molar-refractivity contribution in [1.29, 1.82) is 0 Å². The molecule has 0 amide bonds. The van der Waals surface area contributed by atoms with Crippen LogP contribution in [0.15, 0.2) is 11.6 Å². The Morgan fingerprint density at radius 1 is 1.50 bits per heavy atom. The summed E-state index contributed by atoms with van der Waals surface area (Å²) in [6.45, 7) is 1.37. The molecule has 10 heavy (non-hydrogen) atoms. The smallest absolute Gasteiger partial charge is 0.403 e. The molecule has 3 nitrogen and oxygen atoms in total. The molecule has 2 rings (SSSR count). The van der Waals surface area contributed by atoms with Gasteiger partial charge < -0.3 is 9.31 Å². The first-order valence-electron chi connectivity index (χ1n) is 3.09. The van der Waals surface area contributed by atoms with Gasteiger partial charge in [0.1, 0.15) is 4.91 Å². The van der Waals surface area contributed by atoms with Crippen LogP contribution in [0, 0.1) is 0 Å². The number of rotatable bonds is 1. The quantitative estimate of drug-likeness (QED) is 0.530. The molecule has 0 unspecified atom stereocenters. The number of hydrogen-bond donors (Lipinski definition) is 0. The lowest BCUT2D eigenvalue weighted by molar-refractivity contribution is 0.365. The fraction of sp³-hybridized carbons (Fsp3) is 0.400. The lowest BCUT2D eigenvalue weighted by Crippen LogP contribution is -2.30. The van der Waals surface area contributed by atoms with Crippen LogP contribution in [0.25, 0.3) is 0 Å². The van der Waals surface area contributed by atoms with Gasteiger partial charge in [-0.25, -0.2) is 0 Å². The summed E-state index contributed by atoms with van der Waals surface area (Å²) < 4.78 is 10.4. The number of aromatic nitrogens is 1. The van der Waals surface area contributed by atoms with E-state index in [4.69, 9.17) is 9.31 Å². The van der Waals surface area contributed by atoms with Crippen molar-refractivity contribution >= 4 is 23.4 Å². The minimum absolute atomic E-state index is 0.194. The zero-order chi connectivity index (χ0) is 6.81. The molecule has 5 heteroatoms. The molecule has 0 spiro atoms. The third kappa shape index (κ3) is 1.07. The molecule has 1 aliphatic rings. The van der Waals surface area contributed by atoms with Crippen LogP contribution in [0.1, 0.15) is 0 Å². The fourth-order valence-electron chi connectivity index (χ4n) is 0.852. The molecule has 52 valence electrons. The lowest BCUT2D eigenvalue weighted by Gasteiger charge is -1.95. The topological polar surface area (TPSA) is 31.4 Å². The van der Waals surface area contributed by atoms with Gasteiger partial charge in [-0.15, -0.1) is 11.3 Å². The monoisotopic (exact) mass is 155 g/mol. The van der Waals surface area contributed by atoms with Crippen LogP contribution in [0.2, 0.25) is 0 Å². The first-order chi connectivity index (χ1) is 4.97. The van der Waals surface area contributed by atoms with Gasteiger partial charge >= 0.3 is 7.12 Å². The van der Waals surface area contributed by atoms with Gasteiger partial charge in [-0.05, 0) is 0 Å². The zero-order valence-electron chi connectivity index (χ0n) is 5.32. The van der Waals surface area contributed by atoms with E-state index in [0.29, 0.717) is 13.2 Å². The van der Waals surface area contributed by atoms with Crippen LogP contribution in [0.4, 0.5) is 0 Å². The minimum atomic E-state index is -0.194. The van der Waals surface area contributed by atoms with Gasteiger partial charge in [0.15, 0.2) is 0 Å². The maximum absolute atomic E-state index is 5.22. The maximum Gasteiger partial charge on any atom is 0.524 e. The van der Waals surface area contributed by atoms with E-state index < -0.39 is 0 Å². The molecule has 0 radical (unpaired) electrons. The summed E-state index contributed by atoms with van der Waals surface area (Å²) in [7, 11) is -0.194. The Bertz CT molecular complexity index is 197. The van der Waals surface area contributed by atoms with Crippen molar-refractivity contribution in [2.45, 2.75) is 0 Å². The van der Waals surface area contributed by atoms with Crippen LogP contribution in [-0.4, -0.2) is 25.3 Å². The van der Waals surface area contributed by atoms with Crippen molar-refractivity contribution in [2.75, 3.05) is 13.2 Å². The molecule has 1 aliphatic heterocycles. The predicted molar refractivity (Wildman–Crippen MR) is 39.4 cm³/mol. The maximum atomic E-state index is 5.22. The second kappa shape index (κ2) is 2.69. The van der Waals surface area contributed by atoms with Crippen LogP contribution in [-0.2, 0) is 9.31 Å². The summed E-state index contributed by atoms with van der Waals surface area (Å²) in [6, 6.07) is 0. The molecule has 1 aromatic rings. The molecule has 0 N–H and O–H groups in total. The molecule has 2 heterocycles. The first-order valence-corrected chi connectivity index (χ1v) is 3.97. The highest BCUT2D eigenvalue weighted by atomic mass is 32.1. The SMILES string of the molecule is c1csc(B2OCCO2)n1. The average molecular weight is 155 g/mol. The van der Waals surface area contributed by atoms with Crippen molar-refractivity contribution < 1.29 is 9.31 Å². The van der Waals surface area contributed by atoms with Crippen molar-refractivity contribution in [2.24, 2.45) is 0 Å². The highest BCUT2D eigenvalue weighted by Gasteiger charge is 2.28. The Morgan fingerprint density at radius 3 is 2.90 bits per heavy atom. The molecular formula is C5H6BNO2S. The van der Waals surface area contributed by atoms with E-state index in [1.54, 1.807) is 17.5 Å². The van der Waals surface area contributed by atoms with E-state index in [9.17, 15) is 0 Å². The second-order valence-corrected chi connectivity index (χ2v) is 2.87. The first kappa shape index (κ1) is 6.33. The molecular weight excluding hydrogens is 149 g/mol. The van der Waals surface area contributed by atoms with Gasteiger partial charge in [-0.2, -0.15) is 0 Å². The molecule has 1 saturated heterocycles. The molecule has 1 aromatic heterocycles. The third-order valence-corrected chi connectivity index (χ3v) is 2.07. The predicted octanol–water partition coefficient (Wildman–Crippen LogP) is -0.115. The summed E-state index contributed by atoms with van der Waals surface area (Å²) in [4.78, 5) is 4.98. The van der Waals surface area contributed by atoms with Crippen LogP contribution < -0.4 is 4.91 Å². The summed E-state index contributed by atoms with van der Waals surface area (Å²) in [5.41, 5.74) is 0. The average Bonchev–Trinajstić information content (AvgIpc) is 2.59. The van der Waals surface area contributed by atoms with Crippen molar-refractivity contribution in [3.05, 3.63) is 11.6 Å². The Balaban J connectivity index is 2.12. The number of nitrogens with zero attached hydrogens (tertiary/aromatic N) is 1. The Hall–Kier alpha value is -0.385.